The Kier molecular flexibility index (Phi) is 7.52. The zero-order chi connectivity index (χ0) is 18.2. The van der Waals surface area contributed by atoms with Crippen molar-refractivity contribution >= 4 is 57.0 Å². The smallest absolute Gasteiger partial charge is 0.265 e. The molecule has 0 spiro atoms. The topological polar surface area (TPSA) is 76.7 Å². The highest BCUT2D eigenvalue weighted by molar-refractivity contribution is 7.18. The van der Waals surface area contributed by atoms with Gasteiger partial charge in [0.2, 0.25) is 5.91 Å². The quantitative estimate of drug-likeness (QED) is 0.519. The fourth-order valence-corrected chi connectivity index (χ4v) is 2.90. The summed E-state index contributed by atoms with van der Waals surface area (Å²) in [7, 11) is 1.57. The van der Waals surface area contributed by atoms with Crippen LogP contribution in [-0.4, -0.2) is 38.0 Å². The summed E-state index contributed by atoms with van der Waals surface area (Å²) in [6.07, 6.45) is 0. The molecule has 134 valence electrons. The highest BCUT2D eigenvalue weighted by Gasteiger charge is 2.14. The van der Waals surface area contributed by atoms with E-state index >= 15 is 0 Å². The predicted molar refractivity (Wildman–Crippen MR) is 100 cm³/mol. The molecule has 1 aromatic heterocycles. The van der Waals surface area contributed by atoms with Crippen LogP contribution in [0.1, 0.15) is 9.67 Å². The summed E-state index contributed by atoms with van der Waals surface area (Å²) in [6.45, 7) is 0.763. The Morgan fingerprint density at radius 2 is 1.96 bits per heavy atom. The van der Waals surface area contributed by atoms with Crippen LogP contribution >= 0.6 is 34.5 Å². The molecule has 2 rings (SSSR count). The molecule has 2 amide bonds. The van der Waals surface area contributed by atoms with Gasteiger partial charge in [0.05, 0.1) is 22.2 Å². The predicted octanol–water partition coefficient (Wildman–Crippen LogP) is 3.86. The van der Waals surface area contributed by atoms with Crippen molar-refractivity contribution in [3.8, 4) is 5.75 Å². The number of methoxy groups -OCH3 is 1. The largest absolute Gasteiger partial charge is 0.489 e. The van der Waals surface area contributed by atoms with Gasteiger partial charge >= 0.3 is 0 Å². The molecule has 0 aliphatic rings. The molecule has 2 aromatic rings. The fourth-order valence-electron chi connectivity index (χ4n) is 1.84. The number of hydrogen-bond donors (Lipinski definition) is 2. The van der Waals surface area contributed by atoms with Gasteiger partial charge in [-0.25, -0.2) is 0 Å². The van der Waals surface area contributed by atoms with E-state index in [2.05, 4.69) is 10.6 Å². The molecule has 0 radical (unpaired) electrons. The number of amides is 2. The van der Waals surface area contributed by atoms with Crippen molar-refractivity contribution in [1.29, 1.82) is 0 Å². The van der Waals surface area contributed by atoms with Crippen molar-refractivity contribution < 1.29 is 19.1 Å². The zero-order valence-corrected chi connectivity index (χ0v) is 15.6. The van der Waals surface area contributed by atoms with Gasteiger partial charge in [-0.1, -0.05) is 11.6 Å². The molecule has 6 nitrogen and oxygen atoms in total. The Bertz CT molecular complexity index is 751. The molecule has 0 unspecified atom stereocenters. The highest BCUT2D eigenvalue weighted by Crippen LogP contribution is 2.30. The number of benzene rings is 1. The number of nitrogens with one attached hydrogen (secondary N) is 2. The standard InChI is InChI=1S/C16H16Cl2N2O4S/c1-23-6-7-24-12-3-2-10(18)8-11(12)19-16(22)13-4-5-15(25-13)20-14(21)9-17/h2-5,8H,6-7,9H2,1H3,(H,19,22)(H,20,21). The average molecular weight is 403 g/mol. The van der Waals surface area contributed by atoms with Crippen LogP contribution in [0.5, 0.6) is 5.75 Å². The third-order valence-corrected chi connectivity index (χ3v) is 4.43. The van der Waals surface area contributed by atoms with Crippen molar-refractivity contribution in [2.75, 3.05) is 36.8 Å². The van der Waals surface area contributed by atoms with E-state index in [4.69, 9.17) is 32.7 Å². The number of carbonyl (C=O) groups excluding carboxylic acids is 2. The Labute approximate surface area is 159 Å². The Balaban J connectivity index is 2.09. The first kappa shape index (κ1) is 19.5. The van der Waals surface area contributed by atoms with Crippen LogP contribution in [0.25, 0.3) is 0 Å². The van der Waals surface area contributed by atoms with Gasteiger partial charge in [0.25, 0.3) is 5.91 Å². The molecule has 0 fully saturated rings. The van der Waals surface area contributed by atoms with Crippen LogP contribution < -0.4 is 15.4 Å². The van der Waals surface area contributed by atoms with E-state index in [0.29, 0.717) is 39.6 Å². The van der Waals surface area contributed by atoms with Gasteiger partial charge in [-0.2, -0.15) is 0 Å². The van der Waals surface area contributed by atoms with Crippen molar-refractivity contribution in [3.05, 3.63) is 40.2 Å². The molecule has 25 heavy (non-hydrogen) atoms. The van der Waals surface area contributed by atoms with E-state index in [1.54, 1.807) is 37.4 Å². The summed E-state index contributed by atoms with van der Waals surface area (Å²) in [5.74, 6) is -0.333. The molecule has 2 N–H and O–H groups in total. The lowest BCUT2D eigenvalue weighted by Gasteiger charge is -2.12. The molecule has 0 atom stereocenters. The molecule has 0 aliphatic heterocycles. The maximum absolute atomic E-state index is 12.4. The maximum Gasteiger partial charge on any atom is 0.265 e. The number of rotatable bonds is 8. The number of carbonyl (C=O) groups is 2. The molecule has 0 saturated heterocycles. The van der Waals surface area contributed by atoms with Gasteiger partial charge in [0.1, 0.15) is 18.2 Å². The normalized spacial score (nSPS) is 10.4. The number of anilines is 2. The molecule has 0 bridgehead atoms. The first-order valence-corrected chi connectivity index (χ1v) is 8.94. The van der Waals surface area contributed by atoms with Crippen LogP contribution in [0.4, 0.5) is 10.7 Å². The van der Waals surface area contributed by atoms with E-state index in [-0.39, 0.29) is 17.7 Å². The summed E-state index contributed by atoms with van der Waals surface area (Å²) in [5, 5.41) is 6.36. The van der Waals surface area contributed by atoms with Crippen LogP contribution in [0, 0.1) is 0 Å². The SMILES string of the molecule is COCCOc1ccc(Cl)cc1NC(=O)c1ccc(NC(=O)CCl)s1. The molecule has 0 saturated carbocycles. The molecule has 0 aliphatic carbocycles. The van der Waals surface area contributed by atoms with E-state index in [0.717, 1.165) is 11.3 Å². The van der Waals surface area contributed by atoms with Gasteiger partial charge in [-0.05, 0) is 30.3 Å². The minimum Gasteiger partial charge on any atom is -0.489 e. The lowest BCUT2D eigenvalue weighted by molar-refractivity contribution is -0.113. The molecule has 9 heteroatoms. The minimum absolute atomic E-state index is 0.149. The van der Waals surface area contributed by atoms with Crippen LogP contribution in [0.2, 0.25) is 5.02 Å². The van der Waals surface area contributed by atoms with Gasteiger partial charge in [0, 0.05) is 12.1 Å². The highest BCUT2D eigenvalue weighted by atomic mass is 35.5. The summed E-state index contributed by atoms with van der Waals surface area (Å²) >= 11 is 12.6. The summed E-state index contributed by atoms with van der Waals surface area (Å²) in [6, 6.07) is 8.20. The van der Waals surface area contributed by atoms with Gasteiger partial charge < -0.3 is 20.1 Å². The third-order valence-electron chi connectivity index (χ3n) is 2.95. The summed E-state index contributed by atoms with van der Waals surface area (Å²) in [5.41, 5.74) is 0.452. The zero-order valence-electron chi connectivity index (χ0n) is 13.3. The first-order valence-electron chi connectivity index (χ1n) is 7.21. The number of thiophene rings is 1. The summed E-state index contributed by atoms with van der Waals surface area (Å²) in [4.78, 5) is 24.1. The van der Waals surface area contributed by atoms with Crippen molar-refractivity contribution in [1.82, 2.24) is 0 Å². The Morgan fingerprint density at radius 3 is 2.68 bits per heavy atom. The number of ether oxygens (including phenoxy) is 2. The van der Waals surface area contributed by atoms with Crippen molar-refractivity contribution in [3.63, 3.8) is 0 Å². The maximum atomic E-state index is 12.4. The summed E-state index contributed by atoms with van der Waals surface area (Å²) < 4.78 is 10.5. The second-order valence-electron chi connectivity index (χ2n) is 4.78. The number of halogens is 2. The van der Waals surface area contributed by atoms with E-state index in [1.807, 2.05) is 0 Å². The van der Waals surface area contributed by atoms with E-state index in [9.17, 15) is 9.59 Å². The van der Waals surface area contributed by atoms with Crippen LogP contribution in [0.15, 0.2) is 30.3 Å². The van der Waals surface area contributed by atoms with Gasteiger partial charge in [0.15, 0.2) is 0 Å². The molecule has 1 heterocycles. The second-order valence-corrected chi connectivity index (χ2v) is 6.57. The van der Waals surface area contributed by atoms with Crippen molar-refractivity contribution in [2.24, 2.45) is 0 Å². The van der Waals surface area contributed by atoms with Gasteiger partial charge in [-0.3, -0.25) is 9.59 Å². The van der Waals surface area contributed by atoms with Crippen molar-refractivity contribution in [2.45, 2.75) is 0 Å². The molecular formula is C16H16Cl2N2O4S. The minimum atomic E-state index is -0.338. The lowest BCUT2D eigenvalue weighted by atomic mass is 10.3. The Hall–Kier alpha value is -1.80. The second kappa shape index (κ2) is 9.62. The number of hydrogen-bond acceptors (Lipinski definition) is 5. The fraction of sp³-hybridized carbons (Fsp3) is 0.250. The van der Waals surface area contributed by atoms with E-state index in [1.165, 1.54) is 0 Å². The number of alkyl halides is 1. The molecule has 1 aromatic carbocycles. The van der Waals surface area contributed by atoms with Gasteiger partial charge in [-0.15, -0.1) is 22.9 Å². The third kappa shape index (κ3) is 5.89. The first-order chi connectivity index (χ1) is 12.0. The lowest BCUT2D eigenvalue weighted by Crippen LogP contribution is -2.13. The van der Waals surface area contributed by atoms with Crippen LogP contribution in [0.3, 0.4) is 0 Å². The van der Waals surface area contributed by atoms with Crippen LogP contribution in [-0.2, 0) is 9.53 Å². The monoisotopic (exact) mass is 402 g/mol. The van der Waals surface area contributed by atoms with E-state index < -0.39 is 0 Å². The molecular weight excluding hydrogens is 387 g/mol. The average Bonchev–Trinajstić information content (AvgIpc) is 3.05. The Morgan fingerprint density at radius 1 is 1.16 bits per heavy atom.